The molecule has 0 unspecified atom stereocenters. The number of aromatic carboxylic acids is 1. The second-order valence-electron chi connectivity index (χ2n) is 4.75. The molecule has 0 radical (unpaired) electrons. The van der Waals surface area contributed by atoms with Crippen molar-refractivity contribution in [2.45, 2.75) is 20.8 Å². The lowest BCUT2D eigenvalue weighted by molar-refractivity contribution is 0.0694. The third kappa shape index (κ3) is 3.02. The third-order valence-corrected chi connectivity index (χ3v) is 3.65. The monoisotopic (exact) mass is 334 g/mol. The van der Waals surface area contributed by atoms with Gasteiger partial charge >= 0.3 is 5.97 Å². The minimum atomic E-state index is -1.01. The highest BCUT2D eigenvalue weighted by Gasteiger charge is 2.14. The van der Waals surface area contributed by atoms with E-state index in [1.54, 1.807) is 12.1 Å². The molecule has 0 amide bonds. The SMILES string of the molecule is Cc1cc(C)c(C)c(Oc2ccc(Br)cc2C(=O)O)c1. The smallest absolute Gasteiger partial charge is 0.339 e. The Morgan fingerprint density at radius 1 is 1.10 bits per heavy atom. The van der Waals surface area contributed by atoms with E-state index in [2.05, 4.69) is 22.0 Å². The number of carboxylic acids is 1. The van der Waals surface area contributed by atoms with Crippen LogP contribution in [0, 0.1) is 20.8 Å². The minimum absolute atomic E-state index is 0.137. The van der Waals surface area contributed by atoms with Gasteiger partial charge in [0.1, 0.15) is 17.1 Å². The van der Waals surface area contributed by atoms with Gasteiger partial charge < -0.3 is 9.84 Å². The Bertz CT molecular complexity index is 678. The summed E-state index contributed by atoms with van der Waals surface area (Å²) < 4.78 is 6.52. The fourth-order valence-electron chi connectivity index (χ4n) is 1.98. The highest BCUT2D eigenvalue weighted by molar-refractivity contribution is 9.10. The molecule has 0 bridgehead atoms. The molecule has 0 atom stereocenters. The van der Waals surface area contributed by atoms with Crippen molar-refractivity contribution in [1.82, 2.24) is 0 Å². The van der Waals surface area contributed by atoms with E-state index in [0.29, 0.717) is 16.0 Å². The van der Waals surface area contributed by atoms with Gasteiger partial charge in [0.15, 0.2) is 0 Å². The summed E-state index contributed by atoms with van der Waals surface area (Å²) in [7, 11) is 0. The third-order valence-electron chi connectivity index (χ3n) is 3.16. The molecule has 0 aromatic heterocycles. The molecule has 2 aromatic rings. The topological polar surface area (TPSA) is 46.5 Å². The van der Waals surface area contributed by atoms with Crippen LogP contribution in [0.25, 0.3) is 0 Å². The van der Waals surface area contributed by atoms with Gasteiger partial charge in [-0.2, -0.15) is 0 Å². The summed E-state index contributed by atoms with van der Waals surface area (Å²) in [5.74, 6) is 0.0180. The molecule has 0 fully saturated rings. The summed E-state index contributed by atoms with van der Waals surface area (Å²) in [6.07, 6.45) is 0. The van der Waals surface area contributed by atoms with Crippen LogP contribution < -0.4 is 4.74 Å². The molecule has 0 heterocycles. The summed E-state index contributed by atoms with van der Waals surface area (Å²) in [5, 5.41) is 9.25. The minimum Gasteiger partial charge on any atom is -0.478 e. The van der Waals surface area contributed by atoms with Gasteiger partial charge in [0.2, 0.25) is 0 Å². The van der Waals surface area contributed by atoms with Crippen LogP contribution in [-0.4, -0.2) is 11.1 Å². The molecule has 4 heteroatoms. The van der Waals surface area contributed by atoms with Gasteiger partial charge in [-0.15, -0.1) is 0 Å². The van der Waals surface area contributed by atoms with E-state index in [1.165, 1.54) is 6.07 Å². The van der Waals surface area contributed by atoms with E-state index in [0.717, 1.165) is 16.7 Å². The van der Waals surface area contributed by atoms with Crippen molar-refractivity contribution in [1.29, 1.82) is 0 Å². The molecule has 2 aromatic carbocycles. The number of carbonyl (C=O) groups is 1. The number of carboxylic acid groups (broad SMARTS) is 1. The van der Waals surface area contributed by atoms with Gasteiger partial charge in [-0.25, -0.2) is 4.79 Å². The summed E-state index contributed by atoms with van der Waals surface area (Å²) in [6.45, 7) is 5.96. The molecule has 2 rings (SSSR count). The second-order valence-corrected chi connectivity index (χ2v) is 5.67. The van der Waals surface area contributed by atoms with Crippen molar-refractivity contribution in [2.75, 3.05) is 0 Å². The first-order valence-electron chi connectivity index (χ1n) is 6.17. The molecule has 20 heavy (non-hydrogen) atoms. The molecule has 0 aliphatic heterocycles. The highest BCUT2D eigenvalue weighted by Crippen LogP contribution is 2.32. The summed E-state index contributed by atoms with van der Waals surface area (Å²) in [6, 6.07) is 8.94. The maximum atomic E-state index is 11.3. The molecule has 1 N–H and O–H groups in total. The summed E-state index contributed by atoms with van der Waals surface area (Å²) in [5.41, 5.74) is 3.35. The zero-order valence-electron chi connectivity index (χ0n) is 11.5. The Morgan fingerprint density at radius 2 is 1.80 bits per heavy atom. The van der Waals surface area contributed by atoms with Crippen LogP contribution in [0.2, 0.25) is 0 Å². The molecule has 3 nitrogen and oxygen atoms in total. The number of ether oxygens (including phenoxy) is 1. The maximum Gasteiger partial charge on any atom is 0.339 e. The van der Waals surface area contributed by atoms with Gasteiger partial charge in [-0.05, 0) is 61.7 Å². The number of aryl methyl sites for hydroxylation is 2. The Kier molecular flexibility index (Phi) is 4.14. The standard InChI is InChI=1S/C16H15BrO3/c1-9-6-10(2)11(3)15(7-9)20-14-5-4-12(17)8-13(14)16(18)19/h4-8H,1-3H3,(H,18,19). The van der Waals surface area contributed by atoms with Crippen molar-refractivity contribution < 1.29 is 14.6 Å². The van der Waals surface area contributed by atoms with Crippen LogP contribution in [-0.2, 0) is 0 Å². The van der Waals surface area contributed by atoms with Crippen LogP contribution in [0.1, 0.15) is 27.0 Å². The number of benzene rings is 2. The fraction of sp³-hybridized carbons (Fsp3) is 0.188. The molecule has 0 aliphatic rings. The quantitative estimate of drug-likeness (QED) is 0.871. The first-order chi connectivity index (χ1) is 9.38. The Morgan fingerprint density at radius 3 is 2.45 bits per heavy atom. The molecule has 104 valence electrons. The van der Waals surface area contributed by atoms with Gasteiger partial charge in [0.25, 0.3) is 0 Å². The molecule has 0 saturated heterocycles. The van der Waals surface area contributed by atoms with Crippen molar-refractivity contribution >= 4 is 21.9 Å². The van der Waals surface area contributed by atoms with E-state index in [9.17, 15) is 9.90 Å². The van der Waals surface area contributed by atoms with Crippen LogP contribution in [0.15, 0.2) is 34.8 Å². The van der Waals surface area contributed by atoms with Crippen LogP contribution >= 0.6 is 15.9 Å². The lowest BCUT2D eigenvalue weighted by Gasteiger charge is -2.14. The average molecular weight is 335 g/mol. The molecule has 0 aliphatic carbocycles. The van der Waals surface area contributed by atoms with E-state index >= 15 is 0 Å². The average Bonchev–Trinajstić information content (AvgIpc) is 2.37. The van der Waals surface area contributed by atoms with E-state index < -0.39 is 5.97 Å². The molecular weight excluding hydrogens is 320 g/mol. The van der Waals surface area contributed by atoms with Crippen molar-refractivity contribution in [3.8, 4) is 11.5 Å². The summed E-state index contributed by atoms with van der Waals surface area (Å²) in [4.78, 5) is 11.3. The van der Waals surface area contributed by atoms with Crippen LogP contribution in [0.3, 0.4) is 0 Å². The zero-order valence-corrected chi connectivity index (χ0v) is 13.1. The van der Waals surface area contributed by atoms with Gasteiger partial charge in [-0.3, -0.25) is 0 Å². The number of hydrogen-bond donors (Lipinski definition) is 1. The van der Waals surface area contributed by atoms with Gasteiger partial charge in [0.05, 0.1) is 0 Å². The van der Waals surface area contributed by atoms with Crippen molar-refractivity contribution in [2.24, 2.45) is 0 Å². The largest absolute Gasteiger partial charge is 0.478 e. The first-order valence-corrected chi connectivity index (χ1v) is 6.96. The predicted octanol–water partition coefficient (Wildman–Crippen LogP) is 4.86. The van der Waals surface area contributed by atoms with Crippen LogP contribution in [0.4, 0.5) is 0 Å². The lowest BCUT2D eigenvalue weighted by atomic mass is 10.1. The first kappa shape index (κ1) is 14.6. The summed E-state index contributed by atoms with van der Waals surface area (Å²) >= 11 is 3.27. The normalized spacial score (nSPS) is 10.4. The Balaban J connectivity index is 2.48. The van der Waals surface area contributed by atoms with Crippen molar-refractivity contribution in [3.05, 3.63) is 57.1 Å². The second kappa shape index (κ2) is 5.67. The predicted molar refractivity (Wildman–Crippen MR) is 81.8 cm³/mol. The van der Waals surface area contributed by atoms with Gasteiger partial charge in [-0.1, -0.05) is 22.0 Å². The molecular formula is C16H15BrO3. The Hall–Kier alpha value is -1.81. The number of halogens is 1. The van der Waals surface area contributed by atoms with Crippen molar-refractivity contribution in [3.63, 3.8) is 0 Å². The maximum absolute atomic E-state index is 11.3. The van der Waals surface area contributed by atoms with E-state index in [-0.39, 0.29) is 5.56 Å². The van der Waals surface area contributed by atoms with E-state index in [4.69, 9.17) is 4.74 Å². The zero-order chi connectivity index (χ0) is 14.9. The number of rotatable bonds is 3. The Labute approximate surface area is 126 Å². The van der Waals surface area contributed by atoms with Gasteiger partial charge in [0, 0.05) is 4.47 Å². The molecule has 0 saturated carbocycles. The lowest BCUT2D eigenvalue weighted by Crippen LogP contribution is -2.01. The highest BCUT2D eigenvalue weighted by atomic mass is 79.9. The fourth-order valence-corrected chi connectivity index (χ4v) is 2.34. The van der Waals surface area contributed by atoms with E-state index in [1.807, 2.05) is 26.8 Å². The molecule has 0 spiro atoms. The number of hydrogen-bond acceptors (Lipinski definition) is 2. The van der Waals surface area contributed by atoms with Crippen LogP contribution in [0.5, 0.6) is 11.5 Å².